The number of anilines is 2. The van der Waals surface area contributed by atoms with Crippen LogP contribution in [0.25, 0.3) is 0 Å². The SMILES string of the molecule is CCCN(CCC)c1cncc(C(=O)Nc2ccccc2F)c1. The summed E-state index contributed by atoms with van der Waals surface area (Å²) in [6, 6.07) is 7.91. The molecule has 122 valence electrons. The van der Waals surface area contributed by atoms with Crippen molar-refractivity contribution in [2.24, 2.45) is 0 Å². The molecule has 2 rings (SSSR count). The fourth-order valence-electron chi connectivity index (χ4n) is 2.39. The minimum absolute atomic E-state index is 0.168. The van der Waals surface area contributed by atoms with Crippen LogP contribution in [0.2, 0.25) is 0 Å². The Balaban J connectivity index is 2.18. The number of para-hydroxylation sites is 1. The van der Waals surface area contributed by atoms with Gasteiger partial charge in [-0.1, -0.05) is 26.0 Å². The van der Waals surface area contributed by atoms with Crippen LogP contribution in [0.5, 0.6) is 0 Å². The predicted molar refractivity (Wildman–Crippen MR) is 91.4 cm³/mol. The highest BCUT2D eigenvalue weighted by Gasteiger charge is 2.12. The van der Waals surface area contributed by atoms with Gasteiger partial charge in [0.1, 0.15) is 5.82 Å². The molecule has 1 heterocycles. The zero-order valence-corrected chi connectivity index (χ0v) is 13.6. The van der Waals surface area contributed by atoms with Crippen LogP contribution in [-0.2, 0) is 0 Å². The molecule has 0 fully saturated rings. The first-order valence-corrected chi connectivity index (χ1v) is 7.91. The summed E-state index contributed by atoms with van der Waals surface area (Å²) >= 11 is 0. The molecule has 1 amide bonds. The van der Waals surface area contributed by atoms with Crippen LogP contribution in [0.15, 0.2) is 42.7 Å². The summed E-state index contributed by atoms with van der Waals surface area (Å²) in [7, 11) is 0. The highest BCUT2D eigenvalue weighted by atomic mass is 19.1. The molecule has 0 aliphatic carbocycles. The summed E-state index contributed by atoms with van der Waals surface area (Å²) in [6.07, 6.45) is 5.29. The predicted octanol–water partition coefficient (Wildman–Crippen LogP) is 4.10. The van der Waals surface area contributed by atoms with Crippen molar-refractivity contribution < 1.29 is 9.18 Å². The first-order chi connectivity index (χ1) is 11.2. The number of hydrogen-bond donors (Lipinski definition) is 1. The fraction of sp³-hybridized carbons (Fsp3) is 0.333. The third-order valence-electron chi connectivity index (χ3n) is 3.46. The minimum Gasteiger partial charge on any atom is -0.370 e. The van der Waals surface area contributed by atoms with Gasteiger partial charge in [0.2, 0.25) is 0 Å². The molecule has 2 aromatic rings. The summed E-state index contributed by atoms with van der Waals surface area (Å²) in [6.45, 7) is 6.05. The normalized spacial score (nSPS) is 10.4. The van der Waals surface area contributed by atoms with E-state index in [0.717, 1.165) is 31.6 Å². The molecular formula is C18H22FN3O. The molecule has 0 atom stereocenters. The van der Waals surface area contributed by atoms with Crippen LogP contribution in [0.4, 0.5) is 15.8 Å². The van der Waals surface area contributed by atoms with Gasteiger partial charge in [0.05, 0.1) is 23.1 Å². The number of rotatable bonds is 7. The lowest BCUT2D eigenvalue weighted by molar-refractivity contribution is 0.102. The van der Waals surface area contributed by atoms with Gasteiger partial charge in [-0.3, -0.25) is 9.78 Å². The van der Waals surface area contributed by atoms with Crippen molar-refractivity contribution in [2.75, 3.05) is 23.3 Å². The number of carbonyl (C=O) groups is 1. The Kier molecular flexibility index (Phi) is 6.09. The van der Waals surface area contributed by atoms with Crippen LogP contribution in [0.3, 0.4) is 0 Å². The monoisotopic (exact) mass is 315 g/mol. The average molecular weight is 315 g/mol. The maximum Gasteiger partial charge on any atom is 0.257 e. The Hall–Kier alpha value is -2.43. The summed E-state index contributed by atoms with van der Waals surface area (Å²) in [5.74, 6) is -0.819. The van der Waals surface area contributed by atoms with E-state index in [-0.39, 0.29) is 11.6 Å². The largest absolute Gasteiger partial charge is 0.370 e. The van der Waals surface area contributed by atoms with Crippen LogP contribution in [0, 0.1) is 5.82 Å². The van der Waals surface area contributed by atoms with E-state index in [4.69, 9.17) is 0 Å². The van der Waals surface area contributed by atoms with E-state index in [2.05, 4.69) is 29.0 Å². The Labute approximate surface area is 136 Å². The van der Waals surface area contributed by atoms with Gasteiger partial charge in [0, 0.05) is 19.3 Å². The van der Waals surface area contributed by atoms with Crippen molar-refractivity contribution in [1.82, 2.24) is 4.98 Å². The number of nitrogens with one attached hydrogen (secondary N) is 1. The molecule has 0 spiro atoms. The molecule has 1 aromatic carbocycles. The Morgan fingerprint density at radius 2 is 1.87 bits per heavy atom. The first-order valence-electron chi connectivity index (χ1n) is 7.91. The van der Waals surface area contributed by atoms with Gasteiger partial charge in [-0.05, 0) is 31.0 Å². The van der Waals surface area contributed by atoms with E-state index < -0.39 is 5.82 Å². The average Bonchev–Trinajstić information content (AvgIpc) is 2.57. The first kappa shape index (κ1) is 16.9. The Morgan fingerprint density at radius 3 is 2.52 bits per heavy atom. The summed E-state index contributed by atoms with van der Waals surface area (Å²) in [5, 5.41) is 2.58. The maximum absolute atomic E-state index is 13.6. The van der Waals surface area contributed by atoms with Gasteiger partial charge in [-0.25, -0.2) is 4.39 Å². The topological polar surface area (TPSA) is 45.2 Å². The Bertz CT molecular complexity index is 654. The van der Waals surface area contributed by atoms with Crippen molar-refractivity contribution in [3.8, 4) is 0 Å². The molecule has 1 aromatic heterocycles. The third kappa shape index (κ3) is 4.52. The molecule has 0 aliphatic rings. The van der Waals surface area contributed by atoms with Gasteiger partial charge in [0.15, 0.2) is 0 Å². The molecule has 23 heavy (non-hydrogen) atoms. The number of nitrogens with zero attached hydrogens (tertiary/aromatic N) is 2. The molecule has 0 saturated carbocycles. The third-order valence-corrected chi connectivity index (χ3v) is 3.46. The fourth-order valence-corrected chi connectivity index (χ4v) is 2.39. The van der Waals surface area contributed by atoms with Crippen molar-refractivity contribution >= 4 is 17.3 Å². The number of amides is 1. The smallest absolute Gasteiger partial charge is 0.257 e. The maximum atomic E-state index is 13.6. The molecule has 0 bridgehead atoms. The van der Waals surface area contributed by atoms with Gasteiger partial charge in [-0.15, -0.1) is 0 Å². The van der Waals surface area contributed by atoms with Crippen LogP contribution in [0.1, 0.15) is 37.0 Å². The number of carbonyl (C=O) groups excluding carboxylic acids is 1. The van der Waals surface area contributed by atoms with Gasteiger partial charge in [0.25, 0.3) is 5.91 Å². The molecule has 0 aliphatic heterocycles. The number of pyridine rings is 1. The summed E-state index contributed by atoms with van der Waals surface area (Å²) in [5.41, 5.74) is 1.50. The van der Waals surface area contributed by atoms with Gasteiger partial charge in [-0.2, -0.15) is 0 Å². The zero-order valence-electron chi connectivity index (χ0n) is 13.6. The number of aromatic nitrogens is 1. The highest BCUT2D eigenvalue weighted by Crippen LogP contribution is 2.18. The second kappa shape index (κ2) is 8.27. The quantitative estimate of drug-likeness (QED) is 0.836. The van der Waals surface area contributed by atoms with Crippen molar-refractivity contribution in [1.29, 1.82) is 0 Å². The van der Waals surface area contributed by atoms with Crippen molar-refractivity contribution in [3.63, 3.8) is 0 Å². The van der Waals surface area contributed by atoms with E-state index in [1.165, 1.54) is 18.3 Å². The Morgan fingerprint density at radius 1 is 1.17 bits per heavy atom. The van der Waals surface area contributed by atoms with E-state index in [1.54, 1.807) is 24.4 Å². The molecule has 5 heteroatoms. The van der Waals surface area contributed by atoms with Gasteiger partial charge < -0.3 is 10.2 Å². The molecule has 0 saturated heterocycles. The molecule has 0 unspecified atom stereocenters. The van der Waals surface area contributed by atoms with E-state index in [1.807, 2.05) is 0 Å². The van der Waals surface area contributed by atoms with Crippen LogP contribution >= 0.6 is 0 Å². The number of hydrogen-bond acceptors (Lipinski definition) is 3. The van der Waals surface area contributed by atoms with Crippen LogP contribution in [-0.4, -0.2) is 24.0 Å². The van der Waals surface area contributed by atoms with Gasteiger partial charge >= 0.3 is 0 Å². The van der Waals surface area contributed by atoms with Crippen molar-refractivity contribution in [3.05, 3.63) is 54.1 Å². The van der Waals surface area contributed by atoms with Crippen molar-refractivity contribution in [2.45, 2.75) is 26.7 Å². The second-order valence-electron chi connectivity index (χ2n) is 5.35. The number of halogens is 1. The second-order valence-corrected chi connectivity index (χ2v) is 5.35. The molecule has 4 nitrogen and oxygen atoms in total. The standard InChI is InChI=1S/C18H22FN3O/c1-3-9-22(10-4-2)15-11-14(12-20-13-15)18(23)21-17-8-6-5-7-16(17)19/h5-8,11-13H,3-4,9-10H2,1-2H3,(H,21,23). The summed E-state index contributed by atoms with van der Waals surface area (Å²) < 4.78 is 13.6. The minimum atomic E-state index is -0.455. The van der Waals surface area contributed by atoms with Crippen LogP contribution < -0.4 is 10.2 Å². The lowest BCUT2D eigenvalue weighted by Gasteiger charge is -2.23. The number of benzene rings is 1. The lowest BCUT2D eigenvalue weighted by atomic mass is 10.2. The molecular weight excluding hydrogens is 293 g/mol. The van der Waals surface area contributed by atoms with E-state index >= 15 is 0 Å². The molecule has 1 N–H and O–H groups in total. The lowest BCUT2D eigenvalue weighted by Crippen LogP contribution is -2.25. The zero-order chi connectivity index (χ0) is 16.7. The highest BCUT2D eigenvalue weighted by molar-refractivity contribution is 6.04. The van der Waals surface area contributed by atoms with E-state index in [9.17, 15) is 9.18 Å². The van der Waals surface area contributed by atoms with E-state index in [0.29, 0.717) is 5.56 Å². The summed E-state index contributed by atoms with van der Waals surface area (Å²) in [4.78, 5) is 18.7. The molecule has 0 radical (unpaired) electrons.